The van der Waals surface area contributed by atoms with Crippen molar-refractivity contribution >= 4 is 5.97 Å². The summed E-state index contributed by atoms with van der Waals surface area (Å²) >= 11 is 0. The normalized spacial score (nSPS) is 9.60. The maximum Gasteiger partial charge on any atom is 0.306 e. The van der Waals surface area contributed by atoms with Gasteiger partial charge in [-0.3, -0.25) is 4.79 Å². The summed E-state index contributed by atoms with van der Waals surface area (Å²) in [6.07, 6.45) is 0.322. The van der Waals surface area contributed by atoms with E-state index >= 15 is 0 Å². The van der Waals surface area contributed by atoms with Gasteiger partial charge in [-0.05, 0) is 12.1 Å². The van der Waals surface area contributed by atoms with Gasteiger partial charge in [-0.15, -0.1) is 0 Å². The fraction of sp³-hybridized carbons (Fsp3) is 0.400. The van der Waals surface area contributed by atoms with Crippen LogP contribution in [-0.2, 0) is 16.1 Å². The minimum atomic E-state index is -0.250. The molecule has 0 bridgehead atoms. The third-order valence-corrected chi connectivity index (χ3v) is 1.80. The maximum absolute atomic E-state index is 10.7. The van der Waals surface area contributed by atoms with E-state index in [0.717, 1.165) is 0 Å². The van der Waals surface area contributed by atoms with Gasteiger partial charge in [0.05, 0.1) is 20.1 Å². The number of rotatable bonds is 5. The molecule has 0 atom stereocenters. The van der Waals surface area contributed by atoms with Gasteiger partial charge in [-0.25, -0.2) is 0 Å². The van der Waals surface area contributed by atoms with Crippen molar-refractivity contribution < 1.29 is 13.9 Å². The van der Waals surface area contributed by atoms with Crippen LogP contribution in [0.2, 0.25) is 0 Å². The minimum absolute atomic E-state index is 0.250. The van der Waals surface area contributed by atoms with Crippen LogP contribution >= 0.6 is 0 Å². The highest BCUT2D eigenvalue weighted by molar-refractivity contribution is 5.69. The van der Waals surface area contributed by atoms with Crippen LogP contribution in [0.4, 0.5) is 0 Å². The third kappa shape index (κ3) is 3.83. The van der Waals surface area contributed by atoms with Gasteiger partial charge in [0.25, 0.3) is 0 Å². The van der Waals surface area contributed by atoms with Crippen molar-refractivity contribution in [3.8, 4) is 6.07 Å². The monoisotopic (exact) mass is 208 g/mol. The lowest BCUT2D eigenvalue weighted by atomic mass is 10.4. The number of hydrogen-bond donors (Lipinski definition) is 1. The van der Waals surface area contributed by atoms with Crippen molar-refractivity contribution in [2.24, 2.45) is 0 Å². The number of nitriles is 1. The Balaban J connectivity index is 2.21. The van der Waals surface area contributed by atoms with E-state index in [9.17, 15) is 4.79 Å². The van der Waals surface area contributed by atoms with Crippen molar-refractivity contribution in [2.75, 3.05) is 13.7 Å². The molecule has 0 saturated heterocycles. The first kappa shape index (κ1) is 11.3. The second-order valence-corrected chi connectivity index (χ2v) is 2.88. The number of carbonyl (C=O) groups excluding carboxylic acids is 1. The average Bonchev–Trinajstić information content (AvgIpc) is 2.72. The van der Waals surface area contributed by atoms with Gasteiger partial charge in [0.1, 0.15) is 11.8 Å². The number of ether oxygens (including phenoxy) is 1. The van der Waals surface area contributed by atoms with Crippen LogP contribution in [0, 0.1) is 11.3 Å². The molecular formula is C10H12N2O3. The summed E-state index contributed by atoms with van der Waals surface area (Å²) in [5.74, 6) is 0.718. The summed E-state index contributed by atoms with van der Waals surface area (Å²) in [5.41, 5.74) is 0. The lowest BCUT2D eigenvalue weighted by Gasteiger charge is -2.00. The van der Waals surface area contributed by atoms with Gasteiger partial charge in [0.2, 0.25) is 5.76 Å². The number of esters is 1. The third-order valence-electron chi connectivity index (χ3n) is 1.80. The number of furan rings is 1. The first-order chi connectivity index (χ1) is 7.26. The van der Waals surface area contributed by atoms with Gasteiger partial charge in [0, 0.05) is 6.54 Å². The molecule has 5 heteroatoms. The molecule has 0 aromatic carbocycles. The summed E-state index contributed by atoms with van der Waals surface area (Å²) in [4.78, 5) is 10.7. The zero-order valence-corrected chi connectivity index (χ0v) is 8.45. The molecule has 5 nitrogen and oxygen atoms in total. The van der Waals surface area contributed by atoms with Crippen LogP contribution < -0.4 is 5.32 Å². The summed E-state index contributed by atoms with van der Waals surface area (Å²) in [5, 5.41) is 11.5. The smallest absolute Gasteiger partial charge is 0.306 e. The molecule has 1 aromatic rings. The number of methoxy groups -OCH3 is 1. The van der Waals surface area contributed by atoms with Crippen molar-refractivity contribution in [1.29, 1.82) is 5.26 Å². The molecule has 80 valence electrons. The topological polar surface area (TPSA) is 75.3 Å². The van der Waals surface area contributed by atoms with Gasteiger partial charge in [-0.2, -0.15) is 5.26 Å². The molecule has 1 aromatic heterocycles. The fourth-order valence-electron chi connectivity index (χ4n) is 1.04. The Kier molecular flexibility index (Phi) is 4.38. The highest BCUT2D eigenvalue weighted by Gasteiger charge is 2.02. The molecule has 0 saturated carbocycles. The minimum Gasteiger partial charge on any atom is -0.469 e. The number of nitrogens with zero attached hydrogens (tertiary/aromatic N) is 1. The molecule has 0 aliphatic rings. The van der Waals surface area contributed by atoms with Crippen molar-refractivity contribution in [2.45, 2.75) is 13.0 Å². The molecule has 1 rings (SSSR count). The van der Waals surface area contributed by atoms with E-state index in [1.807, 2.05) is 6.07 Å². The Hall–Kier alpha value is -1.80. The van der Waals surface area contributed by atoms with Crippen LogP contribution in [0.25, 0.3) is 0 Å². The molecule has 0 aliphatic heterocycles. The SMILES string of the molecule is COC(=O)CCNCc1ccc(C#N)o1. The first-order valence-electron chi connectivity index (χ1n) is 4.52. The van der Waals surface area contributed by atoms with E-state index in [0.29, 0.717) is 31.0 Å². The molecule has 1 N–H and O–H groups in total. The molecule has 1 heterocycles. The zero-order valence-electron chi connectivity index (χ0n) is 8.45. The molecular weight excluding hydrogens is 196 g/mol. The van der Waals surface area contributed by atoms with E-state index in [1.165, 1.54) is 7.11 Å². The Bertz CT molecular complexity index is 365. The predicted molar refractivity (Wildman–Crippen MR) is 51.8 cm³/mol. The number of carbonyl (C=O) groups is 1. The summed E-state index contributed by atoms with van der Waals surface area (Å²) in [6, 6.07) is 5.23. The van der Waals surface area contributed by atoms with Crippen LogP contribution in [0.5, 0.6) is 0 Å². The Labute approximate surface area is 87.6 Å². The molecule has 0 spiro atoms. The first-order valence-corrected chi connectivity index (χ1v) is 4.52. The van der Waals surface area contributed by atoms with E-state index in [-0.39, 0.29) is 5.97 Å². The van der Waals surface area contributed by atoms with Crippen molar-refractivity contribution in [3.63, 3.8) is 0 Å². The Morgan fingerprint density at radius 1 is 1.67 bits per heavy atom. The van der Waals surface area contributed by atoms with Gasteiger partial charge in [-0.1, -0.05) is 0 Å². The van der Waals surface area contributed by atoms with E-state index in [2.05, 4.69) is 10.1 Å². The van der Waals surface area contributed by atoms with Crippen LogP contribution in [0.1, 0.15) is 17.9 Å². The largest absolute Gasteiger partial charge is 0.469 e. The predicted octanol–water partition coefficient (Wildman–Crippen LogP) is 0.804. The molecule has 0 aliphatic carbocycles. The zero-order chi connectivity index (χ0) is 11.1. The van der Waals surface area contributed by atoms with Crippen molar-refractivity contribution in [1.82, 2.24) is 5.32 Å². The Morgan fingerprint density at radius 2 is 2.47 bits per heavy atom. The summed E-state index contributed by atoms with van der Waals surface area (Å²) in [7, 11) is 1.36. The molecule has 0 amide bonds. The number of nitrogens with one attached hydrogen (secondary N) is 1. The summed E-state index contributed by atoms with van der Waals surface area (Å²) in [6.45, 7) is 1.02. The maximum atomic E-state index is 10.7. The second-order valence-electron chi connectivity index (χ2n) is 2.88. The average molecular weight is 208 g/mol. The number of hydrogen-bond acceptors (Lipinski definition) is 5. The molecule has 15 heavy (non-hydrogen) atoms. The lowest BCUT2D eigenvalue weighted by Crippen LogP contribution is -2.18. The highest BCUT2D eigenvalue weighted by Crippen LogP contribution is 2.05. The van der Waals surface area contributed by atoms with Gasteiger partial charge < -0.3 is 14.5 Å². The molecule has 0 fully saturated rings. The van der Waals surface area contributed by atoms with Gasteiger partial charge in [0.15, 0.2) is 0 Å². The highest BCUT2D eigenvalue weighted by atomic mass is 16.5. The van der Waals surface area contributed by atoms with Crippen LogP contribution in [0.15, 0.2) is 16.5 Å². The van der Waals surface area contributed by atoms with E-state index < -0.39 is 0 Å². The summed E-state index contributed by atoms with van der Waals surface area (Å²) < 4.78 is 9.60. The quantitative estimate of drug-likeness (QED) is 0.572. The van der Waals surface area contributed by atoms with Crippen LogP contribution in [0.3, 0.4) is 0 Å². The Morgan fingerprint density at radius 3 is 3.07 bits per heavy atom. The molecule has 0 unspecified atom stereocenters. The van der Waals surface area contributed by atoms with Crippen molar-refractivity contribution in [3.05, 3.63) is 23.7 Å². The lowest BCUT2D eigenvalue weighted by molar-refractivity contribution is -0.140. The fourth-order valence-corrected chi connectivity index (χ4v) is 1.04. The standard InChI is InChI=1S/C10H12N2O3/c1-14-10(13)4-5-12-7-9-3-2-8(6-11)15-9/h2-3,12H,4-5,7H2,1H3. The molecule has 0 radical (unpaired) electrons. The van der Waals surface area contributed by atoms with E-state index in [4.69, 9.17) is 9.68 Å². The van der Waals surface area contributed by atoms with E-state index in [1.54, 1.807) is 12.1 Å². The second kappa shape index (κ2) is 5.83. The van der Waals surface area contributed by atoms with Crippen LogP contribution in [-0.4, -0.2) is 19.6 Å². The van der Waals surface area contributed by atoms with Gasteiger partial charge >= 0.3 is 5.97 Å².